The molecule has 0 aromatic heterocycles. The molecule has 1 aliphatic heterocycles. The maximum Gasteiger partial charge on any atom is 0.310 e. The van der Waals surface area contributed by atoms with E-state index in [-0.39, 0.29) is 29.9 Å². The summed E-state index contributed by atoms with van der Waals surface area (Å²) in [6.45, 7) is 7.43. The van der Waals surface area contributed by atoms with Crippen LogP contribution in [0, 0.1) is 5.92 Å². The number of methoxy groups -OCH3 is 1. The summed E-state index contributed by atoms with van der Waals surface area (Å²) < 4.78 is 4.76. The monoisotopic (exact) mass is 270 g/mol. The third kappa shape index (κ3) is 4.20. The number of ether oxygens (including phenoxy) is 1. The van der Waals surface area contributed by atoms with Crippen LogP contribution in [-0.2, 0) is 14.3 Å². The van der Waals surface area contributed by atoms with Gasteiger partial charge in [-0.05, 0) is 32.7 Å². The Bertz CT molecular complexity index is 316. The molecule has 0 aromatic rings. The van der Waals surface area contributed by atoms with Crippen molar-refractivity contribution in [3.63, 3.8) is 0 Å². The molecule has 0 bridgehead atoms. The van der Waals surface area contributed by atoms with Crippen LogP contribution < -0.4 is 5.32 Å². The minimum absolute atomic E-state index is 0.0548. The summed E-state index contributed by atoms with van der Waals surface area (Å²) in [5.74, 6) is -0.206. The summed E-state index contributed by atoms with van der Waals surface area (Å²) >= 11 is 0. The molecule has 110 valence electrons. The maximum atomic E-state index is 12.1. The van der Waals surface area contributed by atoms with Crippen LogP contribution in [0.25, 0.3) is 0 Å². The number of rotatable bonds is 6. The van der Waals surface area contributed by atoms with Gasteiger partial charge in [0.2, 0.25) is 5.91 Å². The summed E-state index contributed by atoms with van der Waals surface area (Å²) in [7, 11) is 1.41. The van der Waals surface area contributed by atoms with Crippen molar-refractivity contribution in [1.29, 1.82) is 0 Å². The Kier molecular flexibility index (Phi) is 6.28. The van der Waals surface area contributed by atoms with Gasteiger partial charge in [0.1, 0.15) is 0 Å². The van der Waals surface area contributed by atoms with Gasteiger partial charge in [0.05, 0.1) is 19.1 Å². The van der Waals surface area contributed by atoms with Crippen molar-refractivity contribution in [3.05, 3.63) is 0 Å². The molecule has 1 saturated heterocycles. The summed E-state index contributed by atoms with van der Waals surface area (Å²) in [4.78, 5) is 25.7. The van der Waals surface area contributed by atoms with Crippen molar-refractivity contribution in [2.45, 2.75) is 52.1 Å². The van der Waals surface area contributed by atoms with Crippen molar-refractivity contribution in [2.75, 3.05) is 20.2 Å². The lowest BCUT2D eigenvalue weighted by Gasteiger charge is -2.25. The molecule has 1 amide bonds. The standard InChI is InChI=1S/C14H26N2O3/c1-5-12(6-2)15-13(17)10(3)16-8-7-11(9-16)14(18)19-4/h10-12H,5-9H2,1-4H3,(H,15,17). The third-order valence-electron chi connectivity index (χ3n) is 4.01. The first-order valence-corrected chi connectivity index (χ1v) is 7.15. The first kappa shape index (κ1) is 16.0. The number of carbonyl (C=O) groups excluding carboxylic acids is 2. The first-order valence-electron chi connectivity index (χ1n) is 7.15. The molecule has 0 aliphatic carbocycles. The second-order valence-electron chi connectivity index (χ2n) is 5.20. The zero-order valence-corrected chi connectivity index (χ0v) is 12.4. The van der Waals surface area contributed by atoms with E-state index in [0.29, 0.717) is 6.54 Å². The SMILES string of the molecule is CCC(CC)NC(=O)C(C)N1CCC(C(=O)OC)C1. The Morgan fingerprint density at radius 1 is 1.37 bits per heavy atom. The van der Waals surface area contributed by atoms with Gasteiger partial charge in [0.25, 0.3) is 0 Å². The van der Waals surface area contributed by atoms with E-state index in [0.717, 1.165) is 25.8 Å². The molecule has 0 saturated carbocycles. The maximum absolute atomic E-state index is 12.1. The average Bonchev–Trinajstić information content (AvgIpc) is 2.92. The van der Waals surface area contributed by atoms with Gasteiger partial charge < -0.3 is 10.1 Å². The van der Waals surface area contributed by atoms with Gasteiger partial charge in [0, 0.05) is 12.6 Å². The van der Waals surface area contributed by atoms with Crippen molar-refractivity contribution in [1.82, 2.24) is 10.2 Å². The smallest absolute Gasteiger partial charge is 0.310 e. The lowest BCUT2D eigenvalue weighted by Crippen LogP contribution is -2.47. The fourth-order valence-corrected chi connectivity index (χ4v) is 2.48. The van der Waals surface area contributed by atoms with Crippen LogP contribution in [-0.4, -0.2) is 49.1 Å². The van der Waals surface area contributed by atoms with Crippen molar-refractivity contribution >= 4 is 11.9 Å². The van der Waals surface area contributed by atoms with Crippen LogP contribution in [0.15, 0.2) is 0 Å². The molecule has 1 rings (SSSR count). The van der Waals surface area contributed by atoms with Crippen molar-refractivity contribution in [3.8, 4) is 0 Å². The van der Waals surface area contributed by atoms with Gasteiger partial charge in [-0.2, -0.15) is 0 Å². The third-order valence-corrected chi connectivity index (χ3v) is 4.01. The van der Waals surface area contributed by atoms with Crippen molar-refractivity contribution < 1.29 is 14.3 Å². The number of carbonyl (C=O) groups is 2. The molecule has 5 nitrogen and oxygen atoms in total. The fourth-order valence-electron chi connectivity index (χ4n) is 2.48. The molecular weight excluding hydrogens is 244 g/mol. The summed E-state index contributed by atoms with van der Waals surface area (Å²) in [5.41, 5.74) is 0. The normalized spacial score (nSPS) is 21.4. The van der Waals surface area contributed by atoms with E-state index >= 15 is 0 Å². The van der Waals surface area contributed by atoms with Crippen LogP contribution in [0.2, 0.25) is 0 Å². The van der Waals surface area contributed by atoms with Gasteiger partial charge in [-0.25, -0.2) is 0 Å². The lowest BCUT2D eigenvalue weighted by molar-refractivity contribution is -0.145. The number of amides is 1. The number of hydrogen-bond donors (Lipinski definition) is 1. The van der Waals surface area contributed by atoms with E-state index in [2.05, 4.69) is 24.1 Å². The van der Waals surface area contributed by atoms with E-state index in [4.69, 9.17) is 4.74 Å². The van der Waals surface area contributed by atoms with Gasteiger partial charge >= 0.3 is 5.97 Å². The molecule has 0 radical (unpaired) electrons. The van der Waals surface area contributed by atoms with E-state index < -0.39 is 0 Å². The topological polar surface area (TPSA) is 58.6 Å². The van der Waals surface area contributed by atoms with Crippen LogP contribution in [0.5, 0.6) is 0 Å². The summed E-state index contributed by atoms with van der Waals surface area (Å²) in [6, 6.07) is 0.0595. The zero-order valence-electron chi connectivity index (χ0n) is 12.4. The fraction of sp³-hybridized carbons (Fsp3) is 0.857. The Hall–Kier alpha value is -1.10. The number of likely N-dealkylation sites (tertiary alicyclic amines) is 1. The van der Waals surface area contributed by atoms with Crippen molar-refractivity contribution in [2.24, 2.45) is 5.92 Å². The van der Waals surface area contributed by atoms with E-state index in [1.807, 2.05) is 6.92 Å². The van der Waals surface area contributed by atoms with E-state index in [1.54, 1.807) is 0 Å². The minimum Gasteiger partial charge on any atom is -0.469 e. The zero-order chi connectivity index (χ0) is 14.4. The number of nitrogens with one attached hydrogen (secondary N) is 1. The van der Waals surface area contributed by atoms with Gasteiger partial charge in [-0.15, -0.1) is 0 Å². The highest BCUT2D eigenvalue weighted by molar-refractivity contribution is 5.82. The Balaban J connectivity index is 2.48. The highest BCUT2D eigenvalue weighted by atomic mass is 16.5. The van der Waals surface area contributed by atoms with Crippen LogP contribution in [0.4, 0.5) is 0 Å². The number of nitrogens with zero attached hydrogens (tertiary/aromatic N) is 1. The quantitative estimate of drug-likeness (QED) is 0.736. The van der Waals surface area contributed by atoms with E-state index in [1.165, 1.54) is 7.11 Å². The van der Waals surface area contributed by atoms with Crippen LogP contribution in [0.3, 0.4) is 0 Å². The summed E-state index contributed by atoms with van der Waals surface area (Å²) in [5, 5.41) is 3.05. The molecule has 0 aromatic carbocycles. The molecule has 1 heterocycles. The molecule has 2 atom stereocenters. The Morgan fingerprint density at radius 2 is 2.00 bits per heavy atom. The number of hydrogen-bond acceptors (Lipinski definition) is 4. The highest BCUT2D eigenvalue weighted by Gasteiger charge is 2.33. The molecule has 19 heavy (non-hydrogen) atoms. The predicted molar refractivity (Wildman–Crippen MR) is 73.7 cm³/mol. The molecule has 1 N–H and O–H groups in total. The molecule has 1 fully saturated rings. The van der Waals surface area contributed by atoms with Gasteiger partial charge in [-0.1, -0.05) is 13.8 Å². The molecule has 0 spiro atoms. The highest BCUT2D eigenvalue weighted by Crippen LogP contribution is 2.19. The van der Waals surface area contributed by atoms with Gasteiger partial charge in [0.15, 0.2) is 0 Å². The van der Waals surface area contributed by atoms with Crippen LogP contribution >= 0.6 is 0 Å². The molecule has 1 aliphatic rings. The Morgan fingerprint density at radius 3 is 2.53 bits per heavy atom. The van der Waals surface area contributed by atoms with Crippen LogP contribution in [0.1, 0.15) is 40.0 Å². The summed E-state index contributed by atoms with van der Waals surface area (Å²) in [6.07, 6.45) is 2.66. The molecule has 5 heteroatoms. The van der Waals surface area contributed by atoms with E-state index in [9.17, 15) is 9.59 Å². The second kappa shape index (κ2) is 7.48. The average molecular weight is 270 g/mol. The minimum atomic E-state index is -0.185. The molecule has 2 unspecified atom stereocenters. The Labute approximate surface area is 115 Å². The second-order valence-corrected chi connectivity index (χ2v) is 5.20. The largest absolute Gasteiger partial charge is 0.469 e. The lowest BCUT2D eigenvalue weighted by atomic mass is 10.1. The molecular formula is C14H26N2O3. The number of esters is 1. The van der Waals surface area contributed by atoms with Gasteiger partial charge in [-0.3, -0.25) is 14.5 Å². The predicted octanol–water partition coefficient (Wildman–Crippen LogP) is 1.17. The first-order chi connectivity index (χ1) is 9.03.